The molecule has 0 radical (unpaired) electrons. The number of anilines is 1. The lowest BCUT2D eigenvalue weighted by Gasteiger charge is -2.38. The molecule has 2 heterocycles. The standard InChI is InChI=1S/C14H24N4O/c1-11(2)15-7-12-8-16-13(17-9-12)18-5-6-19-14(3,4)10-18/h8-9,11,15H,5-7,10H2,1-4H3. The predicted molar refractivity (Wildman–Crippen MR) is 76.3 cm³/mol. The molecule has 19 heavy (non-hydrogen) atoms. The van der Waals surface area contributed by atoms with Gasteiger partial charge < -0.3 is 15.0 Å². The van der Waals surface area contributed by atoms with E-state index in [1.54, 1.807) is 0 Å². The molecule has 5 heteroatoms. The van der Waals surface area contributed by atoms with Gasteiger partial charge in [0.05, 0.1) is 12.2 Å². The van der Waals surface area contributed by atoms with E-state index in [1.165, 1.54) is 0 Å². The number of hydrogen-bond acceptors (Lipinski definition) is 5. The van der Waals surface area contributed by atoms with Gasteiger partial charge in [0.25, 0.3) is 0 Å². The van der Waals surface area contributed by atoms with Crippen molar-refractivity contribution in [1.82, 2.24) is 15.3 Å². The molecule has 0 atom stereocenters. The zero-order valence-electron chi connectivity index (χ0n) is 12.3. The Bertz CT molecular complexity index is 402. The molecule has 2 rings (SSSR count). The van der Waals surface area contributed by atoms with Gasteiger partial charge in [-0.1, -0.05) is 13.8 Å². The predicted octanol–water partition coefficient (Wildman–Crippen LogP) is 1.59. The Kier molecular flexibility index (Phi) is 4.37. The molecule has 106 valence electrons. The second-order valence-corrected chi connectivity index (χ2v) is 5.96. The van der Waals surface area contributed by atoms with Crippen molar-refractivity contribution in [2.24, 2.45) is 0 Å². The van der Waals surface area contributed by atoms with Gasteiger partial charge in [-0.05, 0) is 13.8 Å². The first-order valence-electron chi connectivity index (χ1n) is 6.89. The second-order valence-electron chi connectivity index (χ2n) is 5.96. The molecule has 0 spiro atoms. The van der Waals surface area contributed by atoms with Crippen molar-refractivity contribution in [3.63, 3.8) is 0 Å². The van der Waals surface area contributed by atoms with Crippen LogP contribution in [0.5, 0.6) is 0 Å². The molecule has 1 aliphatic heterocycles. The van der Waals surface area contributed by atoms with Gasteiger partial charge in [-0.15, -0.1) is 0 Å². The maximum Gasteiger partial charge on any atom is 0.225 e. The number of rotatable bonds is 4. The molecule has 0 aromatic carbocycles. The number of nitrogens with zero attached hydrogens (tertiary/aromatic N) is 3. The number of aromatic nitrogens is 2. The van der Waals surface area contributed by atoms with E-state index in [9.17, 15) is 0 Å². The van der Waals surface area contributed by atoms with Gasteiger partial charge in [0.15, 0.2) is 0 Å². The van der Waals surface area contributed by atoms with E-state index >= 15 is 0 Å². The molecule has 0 amide bonds. The quantitative estimate of drug-likeness (QED) is 0.895. The molecule has 0 aliphatic carbocycles. The first-order valence-corrected chi connectivity index (χ1v) is 6.89. The largest absolute Gasteiger partial charge is 0.372 e. The van der Waals surface area contributed by atoms with Crippen LogP contribution in [0.4, 0.5) is 5.95 Å². The number of hydrogen-bond donors (Lipinski definition) is 1. The molecular weight excluding hydrogens is 240 g/mol. The maximum atomic E-state index is 5.70. The molecular formula is C14H24N4O. The fraction of sp³-hybridized carbons (Fsp3) is 0.714. The number of ether oxygens (including phenoxy) is 1. The SMILES string of the molecule is CC(C)NCc1cnc(N2CCOC(C)(C)C2)nc1. The first-order chi connectivity index (χ1) is 8.96. The molecule has 0 bridgehead atoms. The van der Waals surface area contributed by atoms with Gasteiger partial charge in [0, 0.05) is 43.6 Å². The Hall–Kier alpha value is -1.20. The summed E-state index contributed by atoms with van der Waals surface area (Å²) in [6.45, 7) is 11.7. The van der Waals surface area contributed by atoms with E-state index in [0.717, 1.165) is 37.8 Å². The Morgan fingerprint density at radius 1 is 1.37 bits per heavy atom. The molecule has 1 fully saturated rings. The van der Waals surface area contributed by atoms with Crippen molar-refractivity contribution in [2.75, 3.05) is 24.6 Å². The van der Waals surface area contributed by atoms with Crippen LogP contribution in [0.15, 0.2) is 12.4 Å². The average molecular weight is 264 g/mol. The van der Waals surface area contributed by atoms with Crippen molar-refractivity contribution < 1.29 is 4.74 Å². The van der Waals surface area contributed by atoms with Gasteiger partial charge >= 0.3 is 0 Å². The first kappa shape index (κ1) is 14.2. The molecule has 5 nitrogen and oxygen atoms in total. The minimum absolute atomic E-state index is 0.126. The Morgan fingerprint density at radius 2 is 2.05 bits per heavy atom. The average Bonchev–Trinajstić information content (AvgIpc) is 2.36. The van der Waals surface area contributed by atoms with E-state index in [4.69, 9.17) is 4.74 Å². The number of nitrogens with one attached hydrogen (secondary N) is 1. The van der Waals surface area contributed by atoms with Crippen LogP contribution in [0.3, 0.4) is 0 Å². The minimum Gasteiger partial charge on any atom is -0.372 e. The molecule has 0 saturated carbocycles. The monoisotopic (exact) mass is 264 g/mol. The summed E-state index contributed by atoms with van der Waals surface area (Å²) < 4.78 is 5.70. The van der Waals surface area contributed by atoms with E-state index in [2.05, 4.69) is 47.9 Å². The highest BCUT2D eigenvalue weighted by Gasteiger charge is 2.28. The van der Waals surface area contributed by atoms with Crippen molar-refractivity contribution in [3.8, 4) is 0 Å². The van der Waals surface area contributed by atoms with Crippen LogP contribution in [-0.4, -0.2) is 41.3 Å². The van der Waals surface area contributed by atoms with E-state index in [0.29, 0.717) is 6.04 Å². The van der Waals surface area contributed by atoms with Crippen LogP contribution in [0.1, 0.15) is 33.3 Å². The lowest BCUT2D eigenvalue weighted by atomic mass is 10.1. The molecule has 1 saturated heterocycles. The van der Waals surface area contributed by atoms with Gasteiger partial charge in [-0.2, -0.15) is 0 Å². The highest BCUT2D eigenvalue weighted by atomic mass is 16.5. The summed E-state index contributed by atoms with van der Waals surface area (Å²) in [7, 11) is 0. The van der Waals surface area contributed by atoms with E-state index < -0.39 is 0 Å². The lowest BCUT2D eigenvalue weighted by molar-refractivity contribution is -0.0281. The van der Waals surface area contributed by atoms with Crippen LogP contribution in [0.25, 0.3) is 0 Å². The Balaban J connectivity index is 1.98. The van der Waals surface area contributed by atoms with Crippen LogP contribution >= 0.6 is 0 Å². The van der Waals surface area contributed by atoms with Gasteiger partial charge in [-0.3, -0.25) is 0 Å². The van der Waals surface area contributed by atoms with Crippen LogP contribution < -0.4 is 10.2 Å². The van der Waals surface area contributed by atoms with Gasteiger partial charge in [0.2, 0.25) is 5.95 Å². The van der Waals surface area contributed by atoms with Crippen LogP contribution in [0.2, 0.25) is 0 Å². The van der Waals surface area contributed by atoms with E-state index in [1.807, 2.05) is 12.4 Å². The zero-order valence-corrected chi connectivity index (χ0v) is 12.3. The topological polar surface area (TPSA) is 50.3 Å². The Morgan fingerprint density at radius 3 is 2.63 bits per heavy atom. The number of morpholine rings is 1. The third-order valence-electron chi connectivity index (χ3n) is 3.11. The minimum atomic E-state index is -0.126. The van der Waals surface area contributed by atoms with Gasteiger partial charge in [-0.25, -0.2) is 9.97 Å². The smallest absolute Gasteiger partial charge is 0.225 e. The van der Waals surface area contributed by atoms with Crippen LogP contribution in [-0.2, 0) is 11.3 Å². The fourth-order valence-electron chi connectivity index (χ4n) is 2.11. The highest BCUT2D eigenvalue weighted by molar-refractivity contribution is 5.31. The molecule has 1 aromatic heterocycles. The molecule has 1 N–H and O–H groups in total. The van der Waals surface area contributed by atoms with Gasteiger partial charge in [0.1, 0.15) is 0 Å². The Labute approximate surface area is 115 Å². The summed E-state index contributed by atoms with van der Waals surface area (Å²) in [5.74, 6) is 0.796. The van der Waals surface area contributed by atoms with E-state index in [-0.39, 0.29) is 5.60 Å². The molecule has 1 aromatic rings. The summed E-state index contributed by atoms with van der Waals surface area (Å²) in [4.78, 5) is 11.1. The van der Waals surface area contributed by atoms with Crippen molar-refractivity contribution >= 4 is 5.95 Å². The fourth-order valence-corrected chi connectivity index (χ4v) is 2.11. The highest BCUT2D eigenvalue weighted by Crippen LogP contribution is 2.19. The summed E-state index contributed by atoms with van der Waals surface area (Å²) in [5, 5.41) is 3.36. The summed E-state index contributed by atoms with van der Waals surface area (Å²) in [6.07, 6.45) is 3.81. The van der Waals surface area contributed by atoms with Crippen molar-refractivity contribution in [2.45, 2.75) is 45.9 Å². The lowest BCUT2D eigenvalue weighted by Crippen LogP contribution is -2.49. The summed E-state index contributed by atoms with van der Waals surface area (Å²) >= 11 is 0. The zero-order chi connectivity index (χ0) is 13.9. The molecule has 1 aliphatic rings. The maximum absolute atomic E-state index is 5.70. The third-order valence-corrected chi connectivity index (χ3v) is 3.11. The normalized spacial score (nSPS) is 18.9. The van der Waals surface area contributed by atoms with Crippen molar-refractivity contribution in [3.05, 3.63) is 18.0 Å². The van der Waals surface area contributed by atoms with Crippen LogP contribution in [0, 0.1) is 0 Å². The molecule has 0 unspecified atom stereocenters. The second kappa shape index (κ2) is 5.84. The third kappa shape index (κ3) is 4.14. The summed E-state index contributed by atoms with van der Waals surface area (Å²) in [5.41, 5.74) is 0.990. The van der Waals surface area contributed by atoms with Crippen molar-refractivity contribution in [1.29, 1.82) is 0 Å². The summed E-state index contributed by atoms with van der Waals surface area (Å²) in [6, 6.07) is 0.472.